The topological polar surface area (TPSA) is 3.24 Å². The van der Waals surface area contributed by atoms with Crippen molar-refractivity contribution in [1.82, 2.24) is 4.57 Å². The zero-order chi connectivity index (χ0) is 11.5. The van der Waals surface area contributed by atoms with E-state index in [9.17, 15) is 0 Å². The minimum Gasteiger partial charge on any atom is -0.325 e. The van der Waals surface area contributed by atoms with Crippen molar-refractivity contribution in [2.75, 3.05) is 13.1 Å². The zero-order valence-corrected chi connectivity index (χ0v) is 12.4. The summed E-state index contributed by atoms with van der Waals surface area (Å²) in [5.74, 6) is 0. The Labute approximate surface area is 98.8 Å². The van der Waals surface area contributed by atoms with Crippen LogP contribution in [0, 0.1) is 0 Å². The largest absolute Gasteiger partial charge is 0.325 e. The predicted molar refractivity (Wildman–Crippen MR) is 74.0 cm³/mol. The van der Waals surface area contributed by atoms with E-state index in [0.29, 0.717) is 0 Å². The lowest BCUT2D eigenvalue weighted by atomic mass is 10.2. The van der Waals surface area contributed by atoms with E-state index in [1.807, 2.05) is 0 Å². The van der Waals surface area contributed by atoms with Crippen LogP contribution in [-0.4, -0.2) is 27.3 Å². The van der Waals surface area contributed by atoms with Gasteiger partial charge in [0, 0.05) is 0 Å². The molecule has 0 radical (unpaired) electrons. The number of nitrogens with zero attached hydrogens (tertiary/aromatic N) is 1. The Balaban J connectivity index is 3.76. The molecule has 0 aliphatic heterocycles. The fraction of sp³-hybridized carbons (Fsp3) is 0.846. The highest BCUT2D eigenvalue weighted by Gasteiger charge is 2.05. The van der Waals surface area contributed by atoms with Gasteiger partial charge in [-0.1, -0.05) is 45.2 Å². The summed E-state index contributed by atoms with van der Waals surface area (Å²) >= 11 is 0. The molecule has 0 fully saturated rings. The van der Waals surface area contributed by atoms with Gasteiger partial charge in [0.2, 0.25) is 0 Å². The summed E-state index contributed by atoms with van der Waals surface area (Å²) in [6.07, 6.45) is 7.87. The minimum atomic E-state index is -0.163. The first-order valence-corrected chi connectivity index (χ1v) is 7.97. The molecule has 0 heterocycles. The molecule has 0 aromatic heterocycles. The average Bonchev–Trinajstić information content (AvgIpc) is 2.23. The fourth-order valence-corrected chi connectivity index (χ4v) is 3.69. The van der Waals surface area contributed by atoms with Gasteiger partial charge in [0.1, 0.15) is 9.68 Å². The SMILES string of the molecule is C=C(CCCC)[SiH2]N(CCC)CCCC. The van der Waals surface area contributed by atoms with Gasteiger partial charge in [0.15, 0.2) is 0 Å². The smallest absolute Gasteiger partial charge is 0.122 e. The summed E-state index contributed by atoms with van der Waals surface area (Å²) < 4.78 is 2.70. The first-order chi connectivity index (χ1) is 7.24. The van der Waals surface area contributed by atoms with Crippen molar-refractivity contribution in [2.45, 2.75) is 59.3 Å². The Kier molecular flexibility index (Phi) is 10.4. The van der Waals surface area contributed by atoms with E-state index in [2.05, 4.69) is 31.9 Å². The number of hydrogen-bond acceptors (Lipinski definition) is 1. The Morgan fingerprint density at radius 2 is 1.67 bits per heavy atom. The molecule has 0 saturated carbocycles. The summed E-state index contributed by atoms with van der Waals surface area (Å²) in [6, 6.07) is 0. The molecule has 0 saturated heterocycles. The van der Waals surface area contributed by atoms with Crippen LogP contribution in [0.4, 0.5) is 0 Å². The molecule has 2 heteroatoms. The first kappa shape index (κ1) is 14.9. The molecule has 90 valence electrons. The Hall–Kier alpha value is -0.0831. The summed E-state index contributed by atoms with van der Waals surface area (Å²) in [7, 11) is -0.163. The van der Waals surface area contributed by atoms with Crippen LogP contribution in [0.3, 0.4) is 0 Å². The fourth-order valence-electron chi connectivity index (χ4n) is 1.79. The number of unbranched alkanes of at least 4 members (excludes halogenated alkanes) is 2. The molecule has 0 rings (SSSR count). The van der Waals surface area contributed by atoms with E-state index >= 15 is 0 Å². The number of hydrogen-bond donors (Lipinski definition) is 0. The molecule has 1 nitrogen and oxygen atoms in total. The monoisotopic (exact) mass is 227 g/mol. The maximum atomic E-state index is 4.24. The molecule has 0 atom stereocenters. The highest BCUT2D eigenvalue weighted by molar-refractivity contribution is 6.41. The number of rotatable bonds is 10. The number of allylic oxidation sites excluding steroid dienone is 1. The zero-order valence-electron chi connectivity index (χ0n) is 11.0. The van der Waals surface area contributed by atoms with E-state index in [4.69, 9.17) is 0 Å². The van der Waals surface area contributed by atoms with Crippen molar-refractivity contribution >= 4 is 9.68 Å². The molecule has 0 aromatic carbocycles. The molecular formula is C13H29NSi. The standard InChI is InChI=1S/C13H29NSi/c1-5-8-10-13(4)15-14(11-7-3)12-9-6-2/h4-12,15H2,1-3H3. The van der Waals surface area contributed by atoms with Crippen molar-refractivity contribution < 1.29 is 0 Å². The Morgan fingerprint density at radius 3 is 2.20 bits per heavy atom. The molecular weight excluding hydrogens is 198 g/mol. The van der Waals surface area contributed by atoms with E-state index in [1.165, 1.54) is 51.6 Å². The minimum absolute atomic E-state index is 0.163. The third kappa shape index (κ3) is 8.88. The summed E-state index contributed by atoms with van der Waals surface area (Å²) in [4.78, 5) is 0. The van der Waals surface area contributed by atoms with Crippen LogP contribution < -0.4 is 0 Å². The van der Waals surface area contributed by atoms with Crippen LogP contribution in [0.5, 0.6) is 0 Å². The highest BCUT2D eigenvalue weighted by Crippen LogP contribution is 2.06. The van der Waals surface area contributed by atoms with Crippen LogP contribution in [0.1, 0.15) is 59.3 Å². The van der Waals surface area contributed by atoms with Gasteiger partial charge < -0.3 is 4.57 Å². The summed E-state index contributed by atoms with van der Waals surface area (Å²) in [5, 5.41) is 1.56. The highest BCUT2D eigenvalue weighted by atomic mass is 28.2. The molecule has 0 aliphatic rings. The second kappa shape index (κ2) is 10.4. The van der Waals surface area contributed by atoms with E-state index in [1.54, 1.807) is 5.20 Å². The molecule has 0 spiro atoms. The maximum Gasteiger partial charge on any atom is 0.122 e. The van der Waals surface area contributed by atoms with Crippen molar-refractivity contribution in [3.63, 3.8) is 0 Å². The van der Waals surface area contributed by atoms with E-state index < -0.39 is 0 Å². The van der Waals surface area contributed by atoms with Gasteiger partial charge in [0.05, 0.1) is 0 Å². The van der Waals surface area contributed by atoms with Crippen molar-refractivity contribution in [3.8, 4) is 0 Å². The Bertz CT molecular complexity index is 157. The summed E-state index contributed by atoms with van der Waals surface area (Å²) in [6.45, 7) is 13.7. The predicted octanol–water partition coefficient (Wildman–Crippen LogP) is 3.29. The molecule has 0 aromatic rings. The second-order valence-corrected chi connectivity index (χ2v) is 6.69. The maximum absolute atomic E-state index is 4.24. The normalized spacial score (nSPS) is 11.7. The van der Waals surface area contributed by atoms with Crippen molar-refractivity contribution in [3.05, 3.63) is 11.8 Å². The average molecular weight is 227 g/mol. The molecule has 15 heavy (non-hydrogen) atoms. The lowest BCUT2D eigenvalue weighted by Gasteiger charge is -2.22. The van der Waals surface area contributed by atoms with Crippen molar-refractivity contribution in [1.29, 1.82) is 0 Å². The second-order valence-electron chi connectivity index (χ2n) is 4.48. The van der Waals surface area contributed by atoms with Crippen LogP contribution in [0.2, 0.25) is 0 Å². The molecule has 0 N–H and O–H groups in total. The van der Waals surface area contributed by atoms with Gasteiger partial charge in [-0.05, 0) is 32.4 Å². The van der Waals surface area contributed by atoms with Gasteiger partial charge >= 0.3 is 0 Å². The van der Waals surface area contributed by atoms with Gasteiger partial charge in [-0.3, -0.25) is 0 Å². The molecule has 0 unspecified atom stereocenters. The Morgan fingerprint density at radius 1 is 1.00 bits per heavy atom. The third-order valence-corrected chi connectivity index (χ3v) is 4.58. The first-order valence-electron chi connectivity index (χ1n) is 6.63. The molecule has 0 amide bonds. The van der Waals surface area contributed by atoms with Gasteiger partial charge in [-0.15, -0.1) is 6.58 Å². The van der Waals surface area contributed by atoms with Gasteiger partial charge in [0.25, 0.3) is 0 Å². The van der Waals surface area contributed by atoms with Crippen LogP contribution in [0.15, 0.2) is 11.8 Å². The lowest BCUT2D eigenvalue weighted by Crippen LogP contribution is -2.31. The van der Waals surface area contributed by atoms with Crippen molar-refractivity contribution in [2.24, 2.45) is 0 Å². The summed E-state index contributed by atoms with van der Waals surface area (Å²) in [5.41, 5.74) is 0. The van der Waals surface area contributed by atoms with Gasteiger partial charge in [-0.25, -0.2) is 0 Å². The van der Waals surface area contributed by atoms with E-state index in [0.717, 1.165) is 0 Å². The quantitative estimate of drug-likeness (QED) is 0.518. The molecule has 0 bridgehead atoms. The van der Waals surface area contributed by atoms with Gasteiger partial charge in [-0.2, -0.15) is 0 Å². The van der Waals surface area contributed by atoms with Crippen LogP contribution in [0.25, 0.3) is 0 Å². The van der Waals surface area contributed by atoms with Crippen LogP contribution >= 0.6 is 0 Å². The molecule has 0 aliphatic carbocycles. The lowest BCUT2D eigenvalue weighted by molar-refractivity contribution is 0.431. The van der Waals surface area contributed by atoms with Crippen LogP contribution in [-0.2, 0) is 0 Å². The van der Waals surface area contributed by atoms with E-state index in [-0.39, 0.29) is 9.68 Å². The third-order valence-electron chi connectivity index (χ3n) is 2.70.